The van der Waals surface area contributed by atoms with Crippen LogP contribution in [0.2, 0.25) is 0 Å². The summed E-state index contributed by atoms with van der Waals surface area (Å²) in [5, 5.41) is 3.77. The van der Waals surface area contributed by atoms with Crippen LogP contribution in [0.5, 0.6) is 0 Å². The van der Waals surface area contributed by atoms with Crippen molar-refractivity contribution in [2.24, 2.45) is 5.92 Å². The van der Waals surface area contributed by atoms with Crippen molar-refractivity contribution < 1.29 is 0 Å². The molecule has 0 aromatic carbocycles. The molecule has 0 amide bonds. The third kappa shape index (κ3) is 4.71. The molecule has 118 valence electrons. The zero-order valence-electron chi connectivity index (χ0n) is 14.1. The van der Waals surface area contributed by atoms with Crippen LogP contribution < -0.4 is 5.32 Å². The maximum Gasteiger partial charge on any atom is 0.00790 e. The minimum absolute atomic E-state index is 0.679. The summed E-state index contributed by atoms with van der Waals surface area (Å²) in [6, 6.07) is 2.13. The summed E-state index contributed by atoms with van der Waals surface area (Å²) in [6.45, 7) is 15.8. The number of nitrogens with one attached hydrogen (secondary N) is 1. The number of hydrogen-bond acceptors (Lipinski definition) is 3. The fourth-order valence-electron chi connectivity index (χ4n) is 3.75. The van der Waals surface area contributed by atoms with Crippen molar-refractivity contribution in [1.29, 1.82) is 0 Å². The highest BCUT2D eigenvalue weighted by molar-refractivity contribution is 4.82. The average molecular weight is 281 g/mol. The minimum atomic E-state index is 0.679. The first-order valence-corrected chi connectivity index (χ1v) is 8.81. The minimum Gasteiger partial charge on any atom is -0.311 e. The first-order valence-electron chi connectivity index (χ1n) is 8.81. The molecule has 3 unspecified atom stereocenters. The molecule has 3 atom stereocenters. The van der Waals surface area contributed by atoms with Crippen molar-refractivity contribution >= 4 is 0 Å². The van der Waals surface area contributed by atoms with Gasteiger partial charge >= 0.3 is 0 Å². The first-order chi connectivity index (χ1) is 9.58. The molecule has 2 aliphatic heterocycles. The number of likely N-dealkylation sites (tertiary alicyclic amines) is 1. The van der Waals surface area contributed by atoms with Crippen LogP contribution in [-0.4, -0.2) is 60.6 Å². The van der Waals surface area contributed by atoms with E-state index in [0.29, 0.717) is 6.04 Å². The standard InChI is InChI=1S/C17H35N3/c1-5-17-8-10-19(9-6-15(4)18-17)12-16-7-11-20(13-16)14(2)3/h14-18H,5-13H2,1-4H3. The van der Waals surface area contributed by atoms with E-state index in [9.17, 15) is 0 Å². The molecule has 3 nitrogen and oxygen atoms in total. The maximum absolute atomic E-state index is 3.77. The molecule has 0 saturated carbocycles. The van der Waals surface area contributed by atoms with Crippen LogP contribution in [0.1, 0.15) is 53.4 Å². The summed E-state index contributed by atoms with van der Waals surface area (Å²) in [5.41, 5.74) is 0. The molecule has 2 aliphatic rings. The van der Waals surface area contributed by atoms with E-state index in [1.54, 1.807) is 0 Å². The van der Waals surface area contributed by atoms with Crippen LogP contribution in [0, 0.1) is 5.92 Å². The number of rotatable bonds is 4. The van der Waals surface area contributed by atoms with Crippen molar-refractivity contribution in [3.8, 4) is 0 Å². The second kappa shape index (κ2) is 7.77. The SMILES string of the molecule is CCC1CCN(CC2CCN(C(C)C)C2)CCC(C)N1. The Labute approximate surface area is 126 Å². The lowest BCUT2D eigenvalue weighted by atomic mass is 10.0. The van der Waals surface area contributed by atoms with E-state index in [2.05, 4.69) is 42.8 Å². The van der Waals surface area contributed by atoms with Gasteiger partial charge in [-0.25, -0.2) is 0 Å². The van der Waals surface area contributed by atoms with E-state index in [1.165, 1.54) is 58.4 Å². The van der Waals surface area contributed by atoms with E-state index >= 15 is 0 Å². The summed E-state index contributed by atoms with van der Waals surface area (Å²) >= 11 is 0. The van der Waals surface area contributed by atoms with Gasteiger partial charge < -0.3 is 15.1 Å². The molecule has 20 heavy (non-hydrogen) atoms. The van der Waals surface area contributed by atoms with E-state index in [0.717, 1.165) is 18.0 Å². The van der Waals surface area contributed by atoms with Crippen molar-refractivity contribution in [2.45, 2.75) is 71.5 Å². The average Bonchev–Trinajstić information content (AvgIpc) is 2.86. The highest BCUT2D eigenvalue weighted by Crippen LogP contribution is 2.20. The molecule has 0 aromatic rings. The summed E-state index contributed by atoms with van der Waals surface area (Å²) in [5.74, 6) is 0.903. The van der Waals surface area contributed by atoms with Crippen molar-refractivity contribution in [3.63, 3.8) is 0 Å². The van der Waals surface area contributed by atoms with Crippen LogP contribution >= 0.6 is 0 Å². The van der Waals surface area contributed by atoms with Gasteiger partial charge in [0.2, 0.25) is 0 Å². The third-order valence-corrected chi connectivity index (χ3v) is 5.25. The van der Waals surface area contributed by atoms with Gasteiger partial charge in [0.15, 0.2) is 0 Å². The van der Waals surface area contributed by atoms with Crippen molar-refractivity contribution in [3.05, 3.63) is 0 Å². The fraction of sp³-hybridized carbons (Fsp3) is 1.00. The zero-order chi connectivity index (χ0) is 14.5. The van der Waals surface area contributed by atoms with E-state index in [4.69, 9.17) is 0 Å². The van der Waals surface area contributed by atoms with Crippen LogP contribution in [0.4, 0.5) is 0 Å². The Hall–Kier alpha value is -0.120. The largest absolute Gasteiger partial charge is 0.311 e. The van der Waals surface area contributed by atoms with Gasteiger partial charge in [-0.1, -0.05) is 6.92 Å². The molecule has 2 rings (SSSR count). The summed E-state index contributed by atoms with van der Waals surface area (Å²) in [6.07, 6.45) is 5.29. The van der Waals surface area contributed by atoms with Crippen molar-refractivity contribution in [2.75, 3.05) is 32.7 Å². The van der Waals surface area contributed by atoms with Gasteiger partial charge in [-0.2, -0.15) is 0 Å². The second-order valence-electron chi connectivity index (χ2n) is 7.29. The van der Waals surface area contributed by atoms with Crippen LogP contribution in [0.25, 0.3) is 0 Å². The lowest BCUT2D eigenvalue weighted by Crippen LogP contribution is -2.45. The Balaban J connectivity index is 1.79. The monoisotopic (exact) mass is 281 g/mol. The van der Waals surface area contributed by atoms with Gasteiger partial charge in [0.25, 0.3) is 0 Å². The van der Waals surface area contributed by atoms with Crippen LogP contribution in [0.15, 0.2) is 0 Å². The van der Waals surface area contributed by atoms with Gasteiger partial charge in [0.1, 0.15) is 0 Å². The van der Waals surface area contributed by atoms with Crippen LogP contribution in [-0.2, 0) is 0 Å². The quantitative estimate of drug-likeness (QED) is 0.854. The molecular weight excluding hydrogens is 246 g/mol. The number of hydrogen-bond donors (Lipinski definition) is 1. The van der Waals surface area contributed by atoms with Gasteiger partial charge in [-0.3, -0.25) is 0 Å². The van der Waals surface area contributed by atoms with Crippen molar-refractivity contribution in [1.82, 2.24) is 15.1 Å². The maximum atomic E-state index is 3.77. The molecule has 2 saturated heterocycles. The Morgan fingerprint density at radius 1 is 1.10 bits per heavy atom. The third-order valence-electron chi connectivity index (χ3n) is 5.25. The highest BCUT2D eigenvalue weighted by atomic mass is 15.2. The smallest absolute Gasteiger partial charge is 0.00790 e. The van der Waals surface area contributed by atoms with Gasteiger partial charge in [0, 0.05) is 31.2 Å². The molecule has 2 fully saturated rings. The Morgan fingerprint density at radius 2 is 1.85 bits per heavy atom. The summed E-state index contributed by atoms with van der Waals surface area (Å²) in [7, 11) is 0. The Kier molecular flexibility index (Phi) is 6.31. The number of nitrogens with zero attached hydrogens (tertiary/aromatic N) is 2. The predicted octanol–water partition coefficient (Wildman–Crippen LogP) is 2.57. The van der Waals surface area contributed by atoms with Crippen LogP contribution in [0.3, 0.4) is 0 Å². The highest BCUT2D eigenvalue weighted by Gasteiger charge is 2.26. The summed E-state index contributed by atoms with van der Waals surface area (Å²) < 4.78 is 0. The molecule has 3 heteroatoms. The topological polar surface area (TPSA) is 18.5 Å². The zero-order valence-corrected chi connectivity index (χ0v) is 14.1. The lowest BCUT2D eigenvalue weighted by Gasteiger charge is -2.33. The first kappa shape index (κ1) is 16.3. The summed E-state index contributed by atoms with van der Waals surface area (Å²) in [4.78, 5) is 5.39. The normalized spacial score (nSPS) is 34.4. The molecule has 0 radical (unpaired) electrons. The molecule has 2 heterocycles. The second-order valence-corrected chi connectivity index (χ2v) is 7.29. The Bertz CT molecular complexity index is 279. The molecule has 0 aromatic heterocycles. The molecule has 0 spiro atoms. The van der Waals surface area contributed by atoms with E-state index < -0.39 is 0 Å². The van der Waals surface area contributed by atoms with Gasteiger partial charge in [0.05, 0.1) is 0 Å². The lowest BCUT2D eigenvalue weighted by molar-refractivity contribution is 0.181. The van der Waals surface area contributed by atoms with Gasteiger partial charge in [-0.15, -0.1) is 0 Å². The molecule has 1 N–H and O–H groups in total. The Morgan fingerprint density at radius 3 is 2.50 bits per heavy atom. The fourth-order valence-corrected chi connectivity index (χ4v) is 3.75. The molecule has 0 bridgehead atoms. The van der Waals surface area contributed by atoms with E-state index in [1.807, 2.05) is 0 Å². The predicted molar refractivity (Wildman–Crippen MR) is 87.2 cm³/mol. The molecular formula is C17H35N3. The van der Waals surface area contributed by atoms with Gasteiger partial charge in [-0.05, 0) is 72.0 Å². The van der Waals surface area contributed by atoms with E-state index in [-0.39, 0.29) is 0 Å². The molecule has 0 aliphatic carbocycles.